The molecule has 1 aliphatic rings. The highest BCUT2D eigenvalue weighted by Crippen LogP contribution is 2.50. The van der Waals surface area contributed by atoms with E-state index in [-0.39, 0.29) is 0 Å². The number of hydrogen-bond donors (Lipinski definition) is 0. The Morgan fingerprint density at radius 3 is 2.08 bits per heavy atom. The summed E-state index contributed by atoms with van der Waals surface area (Å²) < 4.78 is 8.80. The molecule has 0 unspecified atom stereocenters. The summed E-state index contributed by atoms with van der Waals surface area (Å²) in [5.74, 6) is 0. The van der Waals surface area contributed by atoms with Crippen LogP contribution in [-0.2, 0) is 0 Å². The summed E-state index contributed by atoms with van der Waals surface area (Å²) in [6.07, 6.45) is 0. The van der Waals surface area contributed by atoms with Crippen molar-refractivity contribution in [3.63, 3.8) is 0 Å². The predicted molar refractivity (Wildman–Crippen MR) is 150 cm³/mol. The fraction of sp³-hybridized carbons (Fsp3) is 0. The maximum atomic E-state index is 6.36. The van der Waals surface area contributed by atoms with Crippen molar-refractivity contribution in [3.8, 4) is 27.9 Å². The van der Waals surface area contributed by atoms with E-state index in [1.165, 1.54) is 71.3 Å². The molecule has 36 heavy (non-hydrogen) atoms. The molecule has 8 aromatic rings. The summed E-state index contributed by atoms with van der Waals surface area (Å²) in [5.41, 5.74) is 10.5. The second kappa shape index (κ2) is 6.44. The Hall–Kier alpha value is -4.82. The van der Waals surface area contributed by atoms with Gasteiger partial charge in [-0.2, -0.15) is 0 Å². The lowest BCUT2D eigenvalue weighted by molar-refractivity contribution is 0.669. The van der Waals surface area contributed by atoms with Gasteiger partial charge in [-0.3, -0.25) is 0 Å². The number of aromatic nitrogens is 1. The number of furan rings is 1. The van der Waals surface area contributed by atoms with Crippen molar-refractivity contribution >= 4 is 54.5 Å². The molecule has 0 atom stereocenters. The highest BCUT2D eigenvalue weighted by molar-refractivity contribution is 6.37. The number of rotatable bonds is 2. The van der Waals surface area contributed by atoms with Crippen LogP contribution in [0.2, 0.25) is 0 Å². The third-order valence-electron chi connectivity index (χ3n) is 7.90. The van der Waals surface area contributed by atoms with Crippen LogP contribution in [0.5, 0.6) is 0 Å². The Morgan fingerprint density at radius 2 is 1.17 bits per heavy atom. The van der Waals surface area contributed by atoms with E-state index in [2.05, 4.69) is 120 Å². The van der Waals surface area contributed by atoms with Crippen molar-refractivity contribution in [1.29, 1.82) is 0 Å². The average molecular weight is 458 g/mol. The quantitative estimate of drug-likeness (QED) is 0.253. The van der Waals surface area contributed by atoms with Gasteiger partial charge in [-0.25, -0.2) is 0 Å². The van der Waals surface area contributed by atoms with E-state index in [0.29, 0.717) is 0 Å². The zero-order valence-corrected chi connectivity index (χ0v) is 19.3. The van der Waals surface area contributed by atoms with Crippen LogP contribution in [0.3, 0.4) is 0 Å². The van der Waals surface area contributed by atoms with Crippen LogP contribution in [0.1, 0.15) is 0 Å². The van der Waals surface area contributed by atoms with Crippen LogP contribution in [0.15, 0.2) is 120 Å². The molecule has 2 nitrogen and oxygen atoms in total. The Kier molecular flexibility index (Phi) is 3.31. The molecule has 6 aromatic carbocycles. The standard InChI is InChI=1S/C34H19NO/c1-2-7-20(8-3-1)22-9-4-10-23(19-22)35-26-13-5-11-24-25-12-6-14-28-32(25)34-29(36-28)18-16-21-15-17-27(35)33(30(21)34)31(24)26/h1-19H. The average Bonchev–Trinajstić information content (AvgIpc) is 3.45. The first-order valence-corrected chi connectivity index (χ1v) is 12.4. The molecule has 1 aliphatic carbocycles. The van der Waals surface area contributed by atoms with E-state index in [4.69, 9.17) is 4.42 Å². The molecule has 0 amide bonds. The Labute approximate surface area is 206 Å². The Balaban J connectivity index is 1.51. The molecule has 2 heterocycles. The van der Waals surface area contributed by atoms with Gasteiger partial charge in [0.15, 0.2) is 0 Å². The van der Waals surface area contributed by atoms with E-state index in [1.807, 2.05) is 0 Å². The van der Waals surface area contributed by atoms with Gasteiger partial charge in [0, 0.05) is 32.6 Å². The molecule has 0 bridgehead atoms. The molecule has 0 radical (unpaired) electrons. The van der Waals surface area contributed by atoms with Gasteiger partial charge in [0.2, 0.25) is 0 Å². The van der Waals surface area contributed by atoms with E-state index in [9.17, 15) is 0 Å². The van der Waals surface area contributed by atoms with E-state index < -0.39 is 0 Å². The van der Waals surface area contributed by atoms with Crippen molar-refractivity contribution in [2.24, 2.45) is 0 Å². The van der Waals surface area contributed by atoms with E-state index in [1.54, 1.807) is 0 Å². The lowest BCUT2D eigenvalue weighted by Gasteiger charge is -2.12. The maximum absolute atomic E-state index is 6.36. The first-order valence-electron chi connectivity index (χ1n) is 12.4. The molecule has 0 fully saturated rings. The van der Waals surface area contributed by atoms with Crippen LogP contribution < -0.4 is 0 Å². The number of fused-ring (bicyclic) bond motifs is 1. The minimum Gasteiger partial charge on any atom is -0.456 e. The summed E-state index contributed by atoms with van der Waals surface area (Å²) in [7, 11) is 0. The molecule has 0 N–H and O–H groups in total. The van der Waals surface area contributed by atoms with Gasteiger partial charge < -0.3 is 8.98 Å². The van der Waals surface area contributed by atoms with E-state index >= 15 is 0 Å². The molecule has 2 aromatic heterocycles. The van der Waals surface area contributed by atoms with Gasteiger partial charge in [-0.1, -0.05) is 78.9 Å². The van der Waals surface area contributed by atoms with Crippen LogP contribution in [0.4, 0.5) is 0 Å². The summed E-state index contributed by atoms with van der Waals surface area (Å²) in [6, 6.07) is 41.6. The Bertz CT molecular complexity index is 2190. The minimum absolute atomic E-state index is 0.956. The summed E-state index contributed by atoms with van der Waals surface area (Å²) in [4.78, 5) is 0. The van der Waals surface area contributed by atoms with Crippen molar-refractivity contribution in [2.45, 2.75) is 0 Å². The molecule has 0 spiro atoms. The molecule has 0 aliphatic heterocycles. The SMILES string of the molecule is c1ccc(-c2cccc(-n3c4cccc5c4c4c6c(ccc7oc8cccc-5c8c76)ccc43)c2)cc1. The van der Waals surface area contributed by atoms with Crippen molar-refractivity contribution in [2.75, 3.05) is 0 Å². The lowest BCUT2D eigenvalue weighted by atomic mass is 9.98. The third kappa shape index (κ3) is 2.18. The summed E-state index contributed by atoms with van der Waals surface area (Å²) in [5, 5.41) is 7.64. The van der Waals surface area contributed by atoms with Crippen molar-refractivity contribution in [1.82, 2.24) is 4.57 Å². The van der Waals surface area contributed by atoms with Crippen LogP contribution >= 0.6 is 0 Å². The van der Waals surface area contributed by atoms with Crippen molar-refractivity contribution in [3.05, 3.63) is 115 Å². The fourth-order valence-electron chi connectivity index (χ4n) is 6.45. The minimum atomic E-state index is 0.956. The van der Waals surface area contributed by atoms with Crippen molar-refractivity contribution < 1.29 is 4.42 Å². The normalized spacial score (nSPS) is 12.4. The summed E-state index contributed by atoms with van der Waals surface area (Å²) >= 11 is 0. The van der Waals surface area contributed by atoms with Gasteiger partial charge in [-0.15, -0.1) is 0 Å². The highest BCUT2D eigenvalue weighted by atomic mass is 16.3. The van der Waals surface area contributed by atoms with Crippen LogP contribution in [-0.4, -0.2) is 4.57 Å². The largest absolute Gasteiger partial charge is 0.456 e. The first-order chi connectivity index (χ1) is 17.9. The Morgan fingerprint density at radius 1 is 0.444 bits per heavy atom. The second-order valence-electron chi connectivity index (χ2n) is 9.73. The third-order valence-corrected chi connectivity index (χ3v) is 7.90. The number of benzene rings is 6. The summed E-state index contributed by atoms with van der Waals surface area (Å²) in [6.45, 7) is 0. The van der Waals surface area contributed by atoms with Gasteiger partial charge in [-0.05, 0) is 64.0 Å². The molecule has 9 rings (SSSR count). The van der Waals surface area contributed by atoms with Gasteiger partial charge >= 0.3 is 0 Å². The highest BCUT2D eigenvalue weighted by Gasteiger charge is 2.25. The molecule has 0 saturated carbocycles. The first kappa shape index (κ1) is 18.5. The molecule has 2 heteroatoms. The molecular weight excluding hydrogens is 438 g/mol. The van der Waals surface area contributed by atoms with Gasteiger partial charge in [0.25, 0.3) is 0 Å². The predicted octanol–water partition coefficient (Wildman–Crippen LogP) is 9.48. The fourth-order valence-corrected chi connectivity index (χ4v) is 6.45. The van der Waals surface area contributed by atoms with E-state index in [0.717, 1.165) is 11.2 Å². The molecule has 166 valence electrons. The second-order valence-corrected chi connectivity index (χ2v) is 9.73. The van der Waals surface area contributed by atoms with Crippen LogP contribution in [0.25, 0.3) is 82.5 Å². The molecular formula is C34H19NO. The number of hydrogen-bond acceptors (Lipinski definition) is 1. The van der Waals surface area contributed by atoms with Gasteiger partial charge in [0.05, 0.1) is 11.0 Å². The number of nitrogens with zero attached hydrogens (tertiary/aromatic N) is 1. The zero-order chi connectivity index (χ0) is 23.4. The zero-order valence-electron chi connectivity index (χ0n) is 19.3. The monoisotopic (exact) mass is 457 g/mol. The molecule has 0 saturated heterocycles. The maximum Gasteiger partial charge on any atom is 0.136 e. The smallest absolute Gasteiger partial charge is 0.136 e. The van der Waals surface area contributed by atoms with Gasteiger partial charge in [0.1, 0.15) is 11.2 Å². The lowest BCUT2D eigenvalue weighted by Crippen LogP contribution is -1.94. The topological polar surface area (TPSA) is 18.1 Å². The van der Waals surface area contributed by atoms with Crippen LogP contribution in [0, 0.1) is 0 Å².